The van der Waals surface area contributed by atoms with Gasteiger partial charge in [0.15, 0.2) is 0 Å². The van der Waals surface area contributed by atoms with Crippen molar-refractivity contribution < 1.29 is 9.53 Å². The van der Waals surface area contributed by atoms with Crippen LogP contribution in [0.5, 0.6) is 0 Å². The third-order valence-electron chi connectivity index (χ3n) is 4.94. The van der Waals surface area contributed by atoms with Crippen LogP contribution < -0.4 is 0 Å². The molecule has 2 aliphatic rings. The minimum atomic E-state index is -0.441. The van der Waals surface area contributed by atoms with E-state index in [1.165, 1.54) is 16.7 Å². The maximum absolute atomic E-state index is 12.3. The molecule has 0 spiro atoms. The lowest BCUT2D eigenvalue weighted by atomic mass is 9.97. The van der Waals surface area contributed by atoms with Gasteiger partial charge >= 0.3 is 6.09 Å². The van der Waals surface area contributed by atoms with Gasteiger partial charge in [-0.3, -0.25) is 4.90 Å². The zero-order valence-corrected chi connectivity index (χ0v) is 16.0. The van der Waals surface area contributed by atoms with E-state index >= 15 is 0 Å². The van der Waals surface area contributed by atoms with Crippen molar-refractivity contribution in [2.45, 2.75) is 45.9 Å². The van der Waals surface area contributed by atoms with Crippen LogP contribution in [0.15, 0.2) is 18.2 Å². The molecule has 0 bridgehead atoms. The molecule has 0 aliphatic carbocycles. The predicted molar refractivity (Wildman–Crippen MR) is 99.6 cm³/mol. The van der Waals surface area contributed by atoms with Gasteiger partial charge in [-0.05, 0) is 50.9 Å². The van der Waals surface area contributed by atoms with E-state index in [0.717, 1.165) is 45.7 Å². The summed E-state index contributed by atoms with van der Waals surface area (Å²) in [7, 11) is 2.19. The van der Waals surface area contributed by atoms with E-state index in [2.05, 4.69) is 35.0 Å². The first-order valence-electron chi connectivity index (χ1n) is 9.30. The monoisotopic (exact) mass is 345 g/mol. The minimum absolute atomic E-state index is 0.209. The molecule has 0 saturated carbocycles. The highest BCUT2D eigenvalue weighted by Gasteiger charge is 2.26. The summed E-state index contributed by atoms with van der Waals surface area (Å²) in [5.41, 5.74) is 3.57. The van der Waals surface area contributed by atoms with Crippen molar-refractivity contribution >= 4 is 6.09 Å². The van der Waals surface area contributed by atoms with Gasteiger partial charge in [-0.1, -0.05) is 18.2 Å². The zero-order valence-electron chi connectivity index (χ0n) is 16.0. The number of ether oxygens (including phenoxy) is 1. The summed E-state index contributed by atoms with van der Waals surface area (Å²) in [6, 6.07) is 6.74. The van der Waals surface area contributed by atoms with Gasteiger partial charge in [0, 0.05) is 45.8 Å². The smallest absolute Gasteiger partial charge is 0.410 e. The second-order valence-corrected chi connectivity index (χ2v) is 8.33. The third-order valence-corrected chi connectivity index (χ3v) is 4.94. The van der Waals surface area contributed by atoms with Crippen LogP contribution in [-0.4, -0.2) is 66.2 Å². The highest BCUT2D eigenvalue weighted by atomic mass is 16.6. The number of carbonyl (C=O) groups excluding carboxylic acids is 1. The molecule has 1 aromatic carbocycles. The van der Waals surface area contributed by atoms with Crippen LogP contribution in [0.1, 0.15) is 37.5 Å². The molecule has 1 amide bonds. The molecule has 2 aliphatic heterocycles. The van der Waals surface area contributed by atoms with Gasteiger partial charge < -0.3 is 14.5 Å². The van der Waals surface area contributed by atoms with E-state index in [1.807, 2.05) is 25.7 Å². The van der Waals surface area contributed by atoms with Crippen molar-refractivity contribution in [1.29, 1.82) is 0 Å². The van der Waals surface area contributed by atoms with Gasteiger partial charge in [0.2, 0.25) is 0 Å². The molecule has 1 fully saturated rings. The second-order valence-electron chi connectivity index (χ2n) is 8.33. The van der Waals surface area contributed by atoms with Crippen molar-refractivity contribution in [3.05, 3.63) is 34.9 Å². The first-order valence-corrected chi connectivity index (χ1v) is 9.30. The highest BCUT2D eigenvalue weighted by molar-refractivity contribution is 5.68. The molecule has 5 nitrogen and oxygen atoms in total. The number of rotatable bonds is 2. The Kier molecular flexibility index (Phi) is 5.35. The number of carbonyl (C=O) groups is 1. The summed E-state index contributed by atoms with van der Waals surface area (Å²) in [4.78, 5) is 19.0. The lowest BCUT2D eigenvalue weighted by Gasteiger charge is -2.33. The van der Waals surface area contributed by atoms with Gasteiger partial charge in [-0.25, -0.2) is 4.79 Å². The Labute approximate surface area is 151 Å². The van der Waals surface area contributed by atoms with Gasteiger partial charge in [0.05, 0.1) is 0 Å². The Morgan fingerprint density at radius 2 is 1.80 bits per heavy atom. The number of amides is 1. The van der Waals surface area contributed by atoms with Crippen molar-refractivity contribution in [2.75, 3.05) is 39.8 Å². The largest absolute Gasteiger partial charge is 0.444 e. The molecule has 1 saturated heterocycles. The maximum Gasteiger partial charge on any atom is 0.410 e. The van der Waals surface area contributed by atoms with E-state index in [-0.39, 0.29) is 6.09 Å². The molecule has 25 heavy (non-hydrogen) atoms. The number of hydrogen-bond acceptors (Lipinski definition) is 4. The van der Waals surface area contributed by atoms with Crippen LogP contribution in [-0.2, 0) is 24.2 Å². The van der Waals surface area contributed by atoms with Crippen molar-refractivity contribution in [2.24, 2.45) is 0 Å². The Bertz CT molecular complexity index is 616. The van der Waals surface area contributed by atoms with Crippen LogP contribution in [0.3, 0.4) is 0 Å². The fraction of sp³-hybridized carbons (Fsp3) is 0.650. The summed E-state index contributed by atoms with van der Waals surface area (Å²) >= 11 is 0. The number of hydrogen-bond donors (Lipinski definition) is 0. The van der Waals surface area contributed by atoms with Crippen molar-refractivity contribution in [1.82, 2.24) is 14.7 Å². The Hall–Kier alpha value is -1.59. The van der Waals surface area contributed by atoms with Crippen LogP contribution >= 0.6 is 0 Å². The van der Waals surface area contributed by atoms with Crippen LogP contribution in [0.25, 0.3) is 0 Å². The molecular formula is C20H31N3O2. The van der Waals surface area contributed by atoms with Gasteiger partial charge in [-0.2, -0.15) is 0 Å². The molecule has 138 valence electrons. The number of fused-ring (bicyclic) bond motifs is 1. The summed E-state index contributed by atoms with van der Waals surface area (Å²) in [6.07, 6.45) is 0.699. The average molecular weight is 345 g/mol. The fourth-order valence-corrected chi connectivity index (χ4v) is 3.45. The first kappa shape index (κ1) is 18.2. The highest BCUT2D eigenvalue weighted by Crippen LogP contribution is 2.23. The standard InChI is InChI=1S/C20H31N3O2/c1-20(2,3)25-19(24)23-8-7-17-13-16(5-6-18(17)15-23)14-22-11-9-21(4)10-12-22/h5-6,13H,7-12,14-15H2,1-4H3. The Morgan fingerprint density at radius 3 is 2.48 bits per heavy atom. The molecule has 0 unspecified atom stereocenters. The molecule has 0 N–H and O–H groups in total. The van der Waals surface area contributed by atoms with E-state index in [9.17, 15) is 4.79 Å². The number of benzene rings is 1. The van der Waals surface area contributed by atoms with Crippen LogP contribution in [0, 0.1) is 0 Å². The van der Waals surface area contributed by atoms with Gasteiger partial charge in [0.1, 0.15) is 5.60 Å². The Balaban J connectivity index is 1.60. The molecule has 2 heterocycles. The lowest BCUT2D eigenvalue weighted by molar-refractivity contribution is 0.0224. The van der Waals surface area contributed by atoms with E-state index in [0.29, 0.717) is 6.54 Å². The molecule has 0 atom stereocenters. The number of nitrogens with zero attached hydrogens (tertiary/aromatic N) is 3. The molecule has 3 rings (SSSR count). The third kappa shape index (κ3) is 4.95. The topological polar surface area (TPSA) is 36.0 Å². The predicted octanol–water partition coefficient (Wildman–Crippen LogP) is 2.73. The normalized spacial score (nSPS) is 19.6. The average Bonchev–Trinajstić information content (AvgIpc) is 2.55. The van der Waals surface area contributed by atoms with E-state index in [4.69, 9.17) is 4.74 Å². The quantitative estimate of drug-likeness (QED) is 0.826. The lowest BCUT2D eigenvalue weighted by Crippen LogP contribution is -2.44. The second kappa shape index (κ2) is 7.34. The summed E-state index contributed by atoms with van der Waals surface area (Å²) in [5, 5.41) is 0. The number of likely N-dealkylation sites (N-methyl/N-ethyl adjacent to an activating group) is 1. The molecule has 5 heteroatoms. The van der Waals surface area contributed by atoms with Gasteiger partial charge in [0.25, 0.3) is 0 Å². The summed E-state index contributed by atoms with van der Waals surface area (Å²) in [5.74, 6) is 0. The van der Waals surface area contributed by atoms with Crippen molar-refractivity contribution in [3.8, 4) is 0 Å². The first-order chi connectivity index (χ1) is 11.8. The zero-order chi connectivity index (χ0) is 18.0. The minimum Gasteiger partial charge on any atom is -0.444 e. The SMILES string of the molecule is CN1CCN(Cc2ccc3c(c2)CCN(C(=O)OC(C)(C)C)C3)CC1. The van der Waals surface area contributed by atoms with E-state index in [1.54, 1.807) is 0 Å². The van der Waals surface area contributed by atoms with Crippen LogP contribution in [0.4, 0.5) is 4.79 Å². The Morgan fingerprint density at radius 1 is 1.08 bits per heavy atom. The molecule has 0 radical (unpaired) electrons. The molecule has 1 aromatic rings. The summed E-state index contributed by atoms with van der Waals surface area (Å²) < 4.78 is 5.50. The molecular weight excluding hydrogens is 314 g/mol. The fourth-order valence-electron chi connectivity index (χ4n) is 3.45. The summed E-state index contributed by atoms with van der Waals surface area (Å²) in [6.45, 7) is 12.7. The van der Waals surface area contributed by atoms with Crippen molar-refractivity contribution in [3.63, 3.8) is 0 Å². The van der Waals surface area contributed by atoms with Gasteiger partial charge in [-0.15, -0.1) is 0 Å². The molecule has 0 aromatic heterocycles. The van der Waals surface area contributed by atoms with E-state index < -0.39 is 5.60 Å². The van der Waals surface area contributed by atoms with Crippen LogP contribution in [0.2, 0.25) is 0 Å². The number of piperazine rings is 1. The maximum atomic E-state index is 12.3.